The fourth-order valence-corrected chi connectivity index (χ4v) is 2.90. The Balaban J connectivity index is 1.60. The van der Waals surface area contributed by atoms with Crippen LogP contribution in [0.15, 0.2) is 71.8 Å². The highest BCUT2D eigenvalue weighted by atomic mass is 16.5. The Labute approximate surface area is 192 Å². The molecule has 0 fully saturated rings. The number of hydrogen-bond donors (Lipinski definition) is 3. The quantitative estimate of drug-likeness (QED) is 0.263. The Hall–Kier alpha value is -4.33. The number of nitrogens with two attached hydrogens (primary N) is 1. The number of ether oxygens (including phenoxy) is 2. The Morgan fingerprint density at radius 3 is 2.48 bits per heavy atom. The SMILES string of the molecule is CCOc1cc(/C=N/NC(=O)c2ccccc2N)ccc1OCC(=O)Nc1ccc(C)cc1. The number of hydrogen-bond acceptors (Lipinski definition) is 6. The van der Waals surface area contributed by atoms with Crippen LogP contribution >= 0.6 is 0 Å². The minimum Gasteiger partial charge on any atom is -0.490 e. The van der Waals surface area contributed by atoms with Gasteiger partial charge in [0, 0.05) is 11.4 Å². The van der Waals surface area contributed by atoms with Gasteiger partial charge in [0.05, 0.1) is 18.4 Å². The minimum atomic E-state index is -0.408. The van der Waals surface area contributed by atoms with Crippen LogP contribution in [0.25, 0.3) is 0 Å². The Bertz CT molecular complexity index is 1140. The van der Waals surface area contributed by atoms with Gasteiger partial charge in [-0.05, 0) is 61.9 Å². The molecule has 0 radical (unpaired) electrons. The summed E-state index contributed by atoms with van der Waals surface area (Å²) in [7, 11) is 0. The van der Waals surface area contributed by atoms with E-state index in [-0.39, 0.29) is 12.5 Å². The number of carbonyl (C=O) groups excluding carboxylic acids is 2. The summed E-state index contributed by atoms with van der Waals surface area (Å²) in [6.07, 6.45) is 1.48. The lowest BCUT2D eigenvalue weighted by molar-refractivity contribution is -0.118. The molecule has 0 aromatic heterocycles. The highest BCUT2D eigenvalue weighted by Crippen LogP contribution is 2.28. The molecule has 0 bridgehead atoms. The first-order valence-corrected chi connectivity index (χ1v) is 10.4. The van der Waals surface area contributed by atoms with E-state index in [1.807, 2.05) is 38.1 Å². The van der Waals surface area contributed by atoms with Crippen molar-refractivity contribution in [1.29, 1.82) is 0 Å². The molecular formula is C25H26N4O4. The standard InChI is InChI=1S/C25H26N4O4/c1-3-32-23-14-18(15-27-29-25(31)20-6-4-5-7-21(20)26)10-13-22(23)33-16-24(30)28-19-11-8-17(2)9-12-19/h4-15H,3,16,26H2,1-2H3,(H,28,30)(H,29,31)/b27-15+. The van der Waals surface area contributed by atoms with Gasteiger partial charge in [-0.25, -0.2) is 5.43 Å². The van der Waals surface area contributed by atoms with E-state index in [4.69, 9.17) is 15.2 Å². The van der Waals surface area contributed by atoms with Crippen molar-refractivity contribution < 1.29 is 19.1 Å². The summed E-state index contributed by atoms with van der Waals surface area (Å²) in [4.78, 5) is 24.4. The first-order valence-electron chi connectivity index (χ1n) is 10.4. The Kier molecular flexibility index (Phi) is 8.02. The predicted octanol–water partition coefficient (Wildman–Crippen LogP) is 3.76. The van der Waals surface area contributed by atoms with Crippen LogP contribution in [0.1, 0.15) is 28.4 Å². The molecular weight excluding hydrogens is 420 g/mol. The maximum absolute atomic E-state index is 12.2. The second kappa shape index (κ2) is 11.3. The molecule has 0 aliphatic rings. The van der Waals surface area contributed by atoms with E-state index in [2.05, 4.69) is 15.8 Å². The number of rotatable bonds is 9. The number of nitrogens with zero attached hydrogens (tertiary/aromatic N) is 1. The molecule has 0 atom stereocenters. The number of hydrazone groups is 1. The van der Waals surface area contributed by atoms with E-state index in [1.54, 1.807) is 42.5 Å². The summed E-state index contributed by atoms with van der Waals surface area (Å²) in [6, 6.07) is 19.4. The van der Waals surface area contributed by atoms with Crippen molar-refractivity contribution in [2.45, 2.75) is 13.8 Å². The predicted molar refractivity (Wildman–Crippen MR) is 129 cm³/mol. The van der Waals surface area contributed by atoms with E-state index in [0.29, 0.717) is 40.6 Å². The smallest absolute Gasteiger partial charge is 0.273 e. The van der Waals surface area contributed by atoms with Crippen LogP contribution in [0.5, 0.6) is 11.5 Å². The number of nitrogens with one attached hydrogen (secondary N) is 2. The highest BCUT2D eigenvalue weighted by molar-refractivity contribution is 5.99. The third-order valence-electron chi connectivity index (χ3n) is 4.55. The average Bonchev–Trinajstić information content (AvgIpc) is 2.80. The lowest BCUT2D eigenvalue weighted by Gasteiger charge is -2.12. The maximum atomic E-state index is 12.2. The molecule has 0 aliphatic heterocycles. The summed E-state index contributed by atoms with van der Waals surface area (Å²) in [5.74, 6) is 0.195. The number of anilines is 2. The van der Waals surface area contributed by atoms with Gasteiger partial charge in [-0.3, -0.25) is 9.59 Å². The number of amides is 2. The average molecular weight is 447 g/mol. The molecule has 0 saturated carbocycles. The summed E-state index contributed by atoms with van der Waals surface area (Å²) >= 11 is 0. The van der Waals surface area contributed by atoms with Crippen LogP contribution in [0.2, 0.25) is 0 Å². The van der Waals surface area contributed by atoms with Gasteiger partial charge in [-0.2, -0.15) is 5.10 Å². The van der Waals surface area contributed by atoms with Crippen molar-refractivity contribution in [3.8, 4) is 11.5 Å². The third kappa shape index (κ3) is 6.83. The maximum Gasteiger partial charge on any atom is 0.273 e. The van der Waals surface area contributed by atoms with Gasteiger partial charge in [0.1, 0.15) is 0 Å². The van der Waals surface area contributed by atoms with Gasteiger partial charge < -0.3 is 20.5 Å². The van der Waals surface area contributed by atoms with Crippen molar-refractivity contribution in [3.63, 3.8) is 0 Å². The van der Waals surface area contributed by atoms with Gasteiger partial charge in [0.25, 0.3) is 11.8 Å². The van der Waals surface area contributed by atoms with Crippen LogP contribution in [-0.2, 0) is 4.79 Å². The van der Waals surface area contributed by atoms with Gasteiger partial charge in [-0.15, -0.1) is 0 Å². The molecule has 0 unspecified atom stereocenters. The van der Waals surface area contributed by atoms with Gasteiger partial charge in [0.2, 0.25) is 0 Å². The largest absolute Gasteiger partial charge is 0.490 e. The van der Waals surface area contributed by atoms with E-state index in [0.717, 1.165) is 5.56 Å². The highest BCUT2D eigenvalue weighted by Gasteiger charge is 2.10. The molecule has 0 aliphatic carbocycles. The molecule has 4 N–H and O–H groups in total. The summed E-state index contributed by atoms with van der Waals surface area (Å²) in [5.41, 5.74) is 11.5. The molecule has 170 valence electrons. The third-order valence-corrected chi connectivity index (χ3v) is 4.55. The number of benzene rings is 3. The fourth-order valence-electron chi connectivity index (χ4n) is 2.90. The first kappa shape index (κ1) is 23.3. The van der Waals surface area contributed by atoms with Crippen molar-refractivity contribution in [1.82, 2.24) is 5.43 Å². The molecule has 8 heteroatoms. The molecule has 33 heavy (non-hydrogen) atoms. The van der Waals surface area contributed by atoms with Crippen LogP contribution < -0.4 is 25.9 Å². The van der Waals surface area contributed by atoms with Gasteiger partial charge >= 0.3 is 0 Å². The number of carbonyl (C=O) groups is 2. The molecule has 3 rings (SSSR count). The zero-order chi connectivity index (χ0) is 23.6. The summed E-state index contributed by atoms with van der Waals surface area (Å²) in [6.45, 7) is 4.07. The Morgan fingerprint density at radius 1 is 1.00 bits per heavy atom. The van der Waals surface area contributed by atoms with Crippen LogP contribution in [0.3, 0.4) is 0 Å². The van der Waals surface area contributed by atoms with Crippen LogP contribution in [0, 0.1) is 6.92 Å². The zero-order valence-corrected chi connectivity index (χ0v) is 18.5. The molecule has 3 aromatic rings. The molecule has 0 heterocycles. The van der Waals surface area contributed by atoms with E-state index in [1.165, 1.54) is 6.21 Å². The van der Waals surface area contributed by atoms with Crippen LogP contribution in [0.4, 0.5) is 11.4 Å². The van der Waals surface area contributed by atoms with Crippen LogP contribution in [-0.4, -0.2) is 31.2 Å². The van der Waals surface area contributed by atoms with Gasteiger partial charge in [0.15, 0.2) is 18.1 Å². The normalized spacial score (nSPS) is 10.6. The second-order valence-corrected chi connectivity index (χ2v) is 7.13. The number of para-hydroxylation sites is 1. The van der Waals surface area contributed by atoms with E-state index in [9.17, 15) is 9.59 Å². The lowest BCUT2D eigenvalue weighted by Crippen LogP contribution is -2.20. The molecule has 2 amide bonds. The Morgan fingerprint density at radius 2 is 1.76 bits per heavy atom. The monoisotopic (exact) mass is 446 g/mol. The molecule has 3 aromatic carbocycles. The van der Waals surface area contributed by atoms with E-state index >= 15 is 0 Å². The zero-order valence-electron chi connectivity index (χ0n) is 18.5. The van der Waals surface area contributed by atoms with E-state index < -0.39 is 5.91 Å². The molecule has 8 nitrogen and oxygen atoms in total. The molecule has 0 spiro atoms. The topological polar surface area (TPSA) is 115 Å². The van der Waals surface area contributed by atoms with Crippen molar-refractivity contribution in [2.75, 3.05) is 24.3 Å². The lowest BCUT2D eigenvalue weighted by atomic mass is 10.2. The van der Waals surface area contributed by atoms with Gasteiger partial charge in [-0.1, -0.05) is 29.8 Å². The fraction of sp³-hybridized carbons (Fsp3) is 0.160. The number of aryl methyl sites for hydroxylation is 1. The number of nitrogen functional groups attached to an aromatic ring is 1. The second-order valence-electron chi connectivity index (χ2n) is 7.13. The molecule has 0 saturated heterocycles. The van der Waals surface area contributed by atoms with Crippen molar-refractivity contribution in [3.05, 3.63) is 83.4 Å². The first-order chi connectivity index (χ1) is 16.0. The van der Waals surface area contributed by atoms with Crippen molar-refractivity contribution in [2.24, 2.45) is 5.10 Å². The summed E-state index contributed by atoms with van der Waals surface area (Å²) < 4.78 is 11.3. The minimum absolute atomic E-state index is 0.171. The summed E-state index contributed by atoms with van der Waals surface area (Å²) in [5, 5.41) is 6.76. The van der Waals surface area contributed by atoms with Crippen molar-refractivity contribution >= 4 is 29.4 Å².